The van der Waals surface area contributed by atoms with Gasteiger partial charge in [-0.05, 0) is 48.9 Å². The molecule has 0 atom stereocenters. The molecule has 1 fully saturated rings. The van der Waals surface area contributed by atoms with Gasteiger partial charge in [-0.15, -0.1) is 0 Å². The number of nitrogens with one attached hydrogen (secondary N) is 1. The number of hydrogen-bond acceptors (Lipinski definition) is 4. The summed E-state index contributed by atoms with van der Waals surface area (Å²) in [4.78, 5) is 40.4. The second kappa shape index (κ2) is 11.7. The summed E-state index contributed by atoms with van der Waals surface area (Å²) in [6.07, 6.45) is -2.57. The molecule has 1 aliphatic heterocycles. The van der Waals surface area contributed by atoms with Crippen LogP contribution < -0.4 is 10.1 Å². The Morgan fingerprint density at radius 3 is 2.23 bits per heavy atom. The summed E-state index contributed by atoms with van der Waals surface area (Å²) in [5, 5.41) is 2.59. The van der Waals surface area contributed by atoms with Crippen molar-refractivity contribution in [2.24, 2.45) is 0 Å². The minimum absolute atomic E-state index is 0.0475. The molecule has 0 aromatic heterocycles. The first-order chi connectivity index (χ1) is 16.7. The number of benzene rings is 2. The lowest BCUT2D eigenvalue weighted by Crippen LogP contribution is -2.52. The van der Waals surface area contributed by atoms with Crippen molar-refractivity contribution in [1.29, 1.82) is 0 Å². The summed E-state index contributed by atoms with van der Waals surface area (Å²) in [5.41, 5.74) is -0.530. The maximum atomic E-state index is 12.9. The number of unbranched alkanes of at least 4 members (excludes halogenated alkanes) is 1. The van der Waals surface area contributed by atoms with Crippen LogP contribution in [0.1, 0.15) is 46.0 Å². The highest BCUT2D eigenvalue weighted by Gasteiger charge is 2.32. The van der Waals surface area contributed by atoms with Crippen LogP contribution in [0.4, 0.5) is 13.2 Å². The van der Waals surface area contributed by atoms with E-state index in [0.717, 1.165) is 25.0 Å². The number of rotatable bonds is 8. The van der Waals surface area contributed by atoms with Gasteiger partial charge in [-0.25, -0.2) is 0 Å². The van der Waals surface area contributed by atoms with Crippen LogP contribution in [-0.4, -0.2) is 66.9 Å². The minimum atomic E-state index is -4.53. The third kappa shape index (κ3) is 7.21. The molecule has 0 radical (unpaired) electrons. The molecule has 7 nitrogen and oxygen atoms in total. The number of carbonyl (C=O) groups excluding carboxylic acids is 3. The topological polar surface area (TPSA) is 79.0 Å². The van der Waals surface area contributed by atoms with E-state index in [4.69, 9.17) is 4.74 Å². The van der Waals surface area contributed by atoms with Gasteiger partial charge in [-0.3, -0.25) is 14.4 Å². The Morgan fingerprint density at radius 2 is 1.60 bits per heavy atom. The zero-order valence-electron chi connectivity index (χ0n) is 19.4. The molecular formula is C25H28F3N3O4. The van der Waals surface area contributed by atoms with Crippen LogP contribution in [0.15, 0.2) is 48.5 Å². The lowest BCUT2D eigenvalue weighted by atomic mass is 10.1. The molecule has 35 heavy (non-hydrogen) atoms. The molecule has 1 aliphatic rings. The molecule has 0 unspecified atom stereocenters. The highest BCUT2D eigenvalue weighted by Crippen LogP contribution is 2.29. The van der Waals surface area contributed by atoms with E-state index in [-0.39, 0.29) is 44.2 Å². The summed E-state index contributed by atoms with van der Waals surface area (Å²) >= 11 is 0. The summed E-state index contributed by atoms with van der Waals surface area (Å²) in [5.74, 6) is -0.539. The first-order valence-electron chi connectivity index (χ1n) is 11.4. The van der Waals surface area contributed by atoms with Gasteiger partial charge in [0.2, 0.25) is 5.91 Å². The fraction of sp³-hybridized carbons (Fsp3) is 0.400. The van der Waals surface area contributed by atoms with E-state index in [1.165, 1.54) is 21.9 Å². The van der Waals surface area contributed by atoms with E-state index in [9.17, 15) is 27.6 Å². The fourth-order valence-corrected chi connectivity index (χ4v) is 3.58. The first-order valence-corrected chi connectivity index (χ1v) is 11.4. The summed E-state index contributed by atoms with van der Waals surface area (Å²) < 4.78 is 44.3. The standard InChI is InChI=1S/C25H28F3N3O4/c1-2-3-15-35-21-9-7-18(8-10-21)23(33)29-17-22(32)30-11-13-31(14-12-30)24(34)19-5-4-6-20(16-19)25(26,27)28/h4-10,16H,2-3,11-15,17H2,1H3,(H,29,33). The predicted octanol–water partition coefficient (Wildman–Crippen LogP) is 3.60. The van der Waals surface area contributed by atoms with Crippen LogP contribution in [0.3, 0.4) is 0 Å². The third-order valence-electron chi connectivity index (χ3n) is 5.64. The van der Waals surface area contributed by atoms with Crippen molar-refractivity contribution in [3.63, 3.8) is 0 Å². The van der Waals surface area contributed by atoms with Gasteiger partial charge in [0, 0.05) is 37.3 Å². The van der Waals surface area contributed by atoms with Gasteiger partial charge < -0.3 is 19.9 Å². The average molecular weight is 492 g/mol. The Kier molecular flexibility index (Phi) is 8.73. The monoisotopic (exact) mass is 491 g/mol. The van der Waals surface area contributed by atoms with Gasteiger partial charge in [-0.2, -0.15) is 13.2 Å². The smallest absolute Gasteiger partial charge is 0.416 e. The van der Waals surface area contributed by atoms with Gasteiger partial charge in [0.15, 0.2) is 0 Å². The normalized spacial score (nSPS) is 13.9. The van der Waals surface area contributed by atoms with Gasteiger partial charge in [-0.1, -0.05) is 19.4 Å². The second-order valence-electron chi connectivity index (χ2n) is 8.16. The van der Waals surface area contributed by atoms with E-state index in [2.05, 4.69) is 12.2 Å². The lowest BCUT2D eigenvalue weighted by Gasteiger charge is -2.35. The summed E-state index contributed by atoms with van der Waals surface area (Å²) in [6.45, 7) is 3.30. The molecule has 0 aliphatic carbocycles. The predicted molar refractivity (Wildman–Crippen MR) is 123 cm³/mol. The number of amides is 3. The van der Waals surface area contributed by atoms with Crippen molar-refractivity contribution in [2.45, 2.75) is 25.9 Å². The maximum absolute atomic E-state index is 12.9. The Labute approximate surface area is 201 Å². The number of ether oxygens (including phenoxy) is 1. The molecule has 2 aromatic rings. The van der Waals surface area contributed by atoms with Crippen molar-refractivity contribution in [3.8, 4) is 5.75 Å². The highest BCUT2D eigenvalue weighted by atomic mass is 19.4. The van der Waals surface area contributed by atoms with Crippen LogP contribution in [0.25, 0.3) is 0 Å². The molecule has 0 spiro atoms. The van der Waals surface area contributed by atoms with Crippen LogP contribution in [0.2, 0.25) is 0 Å². The lowest BCUT2D eigenvalue weighted by molar-refractivity contribution is -0.137. The van der Waals surface area contributed by atoms with E-state index in [1.54, 1.807) is 24.3 Å². The number of piperazine rings is 1. The molecule has 0 bridgehead atoms. The van der Waals surface area contributed by atoms with Gasteiger partial charge in [0.25, 0.3) is 11.8 Å². The van der Waals surface area contributed by atoms with Crippen molar-refractivity contribution in [3.05, 3.63) is 65.2 Å². The third-order valence-corrected chi connectivity index (χ3v) is 5.64. The van der Waals surface area contributed by atoms with Crippen LogP contribution in [0.5, 0.6) is 5.75 Å². The maximum Gasteiger partial charge on any atom is 0.416 e. The number of carbonyl (C=O) groups is 3. The second-order valence-corrected chi connectivity index (χ2v) is 8.16. The highest BCUT2D eigenvalue weighted by molar-refractivity contribution is 5.97. The summed E-state index contributed by atoms with van der Waals surface area (Å²) in [7, 11) is 0. The fourth-order valence-electron chi connectivity index (χ4n) is 3.58. The first kappa shape index (κ1) is 26.1. The van der Waals surface area contributed by atoms with Gasteiger partial charge in [0.1, 0.15) is 5.75 Å². The van der Waals surface area contributed by atoms with Gasteiger partial charge >= 0.3 is 6.18 Å². The zero-order chi connectivity index (χ0) is 25.4. The van der Waals surface area contributed by atoms with Crippen molar-refractivity contribution < 1.29 is 32.3 Å². The van der Waals surface area contributed by atoms with E-state index in [0.29, 0.717) is 17.9 Å². The van der Waals surface area contributed by atoms with Gasteiger partial charge in [0.05, 0.1) is 18.7 Å². The van der Waals surface area contributed by atoms with E-state index < -0.39 is 23.6 Å². The number of alkyl halides is 3. The van der Waals surface area contributed by atoms with E-state index >= 15 is 0 Å². The SMILES string of the molecule is CCCCOc1ccc(C(=O)NCC(=O)N2CCN(C(=O)c3cccc(C(F)(F)F)c3)CC2)cc1. The van der Waals surface area contributed by atoms with Crippen molar-refractivity contribution in [2.75, 3.05) is 39.3 Å². The number of halogens is 3. The molecule has 2 aromatic carbocycles. The Morgan fingerprint density at radius 1 is 0.943 bits per heavy atom. The molecule has 3 amide bonds. The molecule has 1 saturated heterocycles. The summed E-state index contributed by atoms with van der Waals surface area (Å²) in [6, 6.07) is 10.9. The average Bonchev–Trinajstić information content (AvgIpc) is 2.87. The van der Waals surface area contributed by atoms with Crippen LogP contribution in [-0.2, 0) is 11.0 Å². The largest absolute Gasteiger partial charge is 0.494 e. The van der Waals surface area contributed by atoms with Crippen molar-refractivity contribution in [1.82, 2.24) is 15.1 Å². The van der Waals surface area contributed by atoms with Crippen LogP contribution >= 0.6 is 0 Å². The Balaban J connectivity index is 1.45. The minimum Gasteiger partial charge on any atom is -0.494 e. The zero-order valence-corrected chi connectivity index (χ0v) is 19.4. The molecule has 1 heterocycles. The molecule has 10 heteroatoms. The quantitative estimate of drug-likeness (QED) is 0.573. The number of nitrogens with zero attached hydrogens (tertiary/aromatic N) is 2. The molecule has 1 N–H and O–H groups in total. The Bertz CT molecular complexity index is 1030. The molecular weight excluding hydrogens is 463 g/mol. The molecule has 188 valence electrons. The Hall–Kier alpha value is -3.56. The molecule has 3 rings (SSSR count). The van der Waals surface area contributed by atoms with E-state index in [1.807, 2.05) is 0 Å². The number of hydrogen-bond donors (Lipinski definition) is 1. The molecule has 0 saturated carbocycles. The van der Waals surface area contributed by atoms with Crippen LogP contribution in [0, 0.1) is 0 Å². The van der Waals surface area contributed by atoms with Crippen molar-refractivity contribution >= 4 is 17.7 Å².